The average Bonchev–Trinajstić information content (AvgIpc) is 2.76. The Morgan fingerprint density at radius 2 is 1.06 bits per heavy atom. The van der Waals surface area contributed by atoms with Crippen LogP contribution in [-0.2, 0) is 14.1 Å². The maximum atomic E-state index is 12.5. The Bertz CT molecular complexity index is 485. The SMILES string of the molecule is CCCCCCCCCCCCCCCCCCOC(=O)C(CC)(CC)CCP(=O)(O)O. The number of unbranched alkanes of at least 4 members (excludes halogenated alkanes) is 15. The van der Waals surface area contributed by atoms with Gasteiger partial charge in [-0.1, -0.05) is 117 Å². The fourth-order valence-corrected chi connectivity index (χ4v) is 5.04. The predicted octanol–water partition coefficient (Wildman–Crippen LogP) is 8.17. The number of ether oxygens (including phenoxy) is 1. The monoisotopic (exact) mass is 476 g/mol. The lowest BCUT2D eigenvalue weighted by Gasteiger charge is -2.29. The van der Waals surface area contributed by atoms with E-state index in [0.29, 0.717) is 19.4 Å². The summed E-state index contributed by atoms with van der Waals surface area (Å²) in [6.07, 6.45) is 21.9. The van der Waals surface area contributed by atoms with E-state index in [1.165, 1.54) is 89.9 Å². The van der Waals surface area contributed by atoms with E-state index in [4.69, 9.17) is 14.5 Å². The molecule has 0 amide bonds. The van der Waals surface area contributed by atoms with Gasteiger partial charge < -0.3 is 14.5 Å². The predicted molar refractivity (Wildman–Crippen MR) is 135 cm³/mol. The van der Waals surface area contributed by atoms with Crippen LogP contribution in [0.3, 0.4) is 0 Å². The second-order valence-electron chi connectivity index (χ2n) is 9.56. The Kier molecular flexibility index (Phi) is 19.8. The van der Waals surface area contributed by atoms with Crippen LogP contribution in [0.4, 0.5) is 0 Å². The topological polar surface area (TPSA) is 83.8 Å². The number of carbonyl (C=O) groups excluding carboxylic acids is 1. The lowest BCUT2D eigenvalue weighted by molar-refractivity contribution is -0.157. The van der Waals surface area contributed by atoms with Gasteiger partial charge in [0.25, 0.3) is 0 Å². The highest BCUT2D eigenvalue weighted by molar-refractivity contribution is 7.51. The van der Waals surface area contributed by atoms with Crippen molar-refractivity contribution in [3.8, 4) is 0 Å². The van der Waals surface area contributed by atoms with Gasteiger partial charge >= 0.3 is 13.6 Å². The van der Waals surface area contributed by atoms with Gasteiger partial charge in [-0.3, -0.25) is 9.36 Å². The van der Waals surface area contributed by atoms with Crippen LogP contribution in [0, 0.1) is 5.41 Å². The van der Waals surface area contributed by atoms with Crippen molar-refractivity contribution in [1.82, 2.24) is 0 Å². The number of hydrogen-bond acceptors (Lipinski definition) is 3. The van der Waals surface area contributed by atoms with Gasteiger partial charge in [0.05, 0.1) is 18.2 Å². The van der Waals surface area contributed by atoms with Crippen molar-refractivity contribution in [1.29, 1.82) is 0 Å². The summed E-state index contributed by atoms with van der Waals surface area (Å²) in [7, 11) is -4.10. The minimum Gasteiger partial charge on any atom is -0.465 e. The molecule has 0 saturated heterocycles. The van der Waals surface area contributed by atoms with E-state index in [1.807, 2.05) is 13.8 Å². The largest absolute Gasteiger partial charge is 0.465 e. The van der Waals surface area contributed by atoms with Gasteiger partial charge in [0.15, 0.2) is 0 Å². The van der Waals surface area contributed by atoms with Gasteiger partial charge in [-0.2, -0.15) is 0 Å². The summed E-state index contributed by atoms with van der Waals surface area (Å²) in [5.41, 5.74) is -0.768. The highest BCUT2D eigenvalue weighted by atomic mass is 31.2. The van der Waals surface area contributed by atoms with E-state index in [0.717, 1.165) is 12.8 Å². The Balaban J connectivity index is 3.62. The summed E-state index contributed by atoms with van der Waals surface area (Å²) >= 11 is 0. The molecule has 2 N–H and O–H groups in total. The smallest absolute Gasteiger partial charge is 0.325 e. The van der Waals surface area contributed by atoms with E-state index < -0.39 is 13.0 Å². The van der Waals surface area contributed by atoms with Crippen LogP contribution >= 0.6 is 7.60 Å². The molecule has 0 rings (SSSR count). The first kappa shape index (κ1) is 31.6. The van der Waals surface area contributed by atoms with Crippen LogP contribution in [0.5, 0.6) is 0 Å². The third-order valence-electron chi connectivity index (χ3n) is 6.90. The van der Waals surface area contributed by atoms with Crippen LogP contribution in [0.25, 0.3) is 0 Å². The minimum absolute atomic E-state index is 0.183. The number of carbonyl (C=O) groups is 1. The van der Waals surface area contributed by atoms with Crippen LogP contribution < -0.4 is 0 Å². The van der Waals surface area contributed by atoms with Gasteiger partial charge in [0.2, 0.25) is 0 Å². The van der Waals surface area contributed by atoms with Gasteiger partial charge in [-0.05, 0) is 25.7 Å². The Morgan fingerprint density at radius 3 is 1.41 bits per heavy atom. The molecule has 0 radical (unpaired) electrons. The average molecular weight is 477 g/mol. The zero-order valence-electron chi connectivity index (χ0n) is 21.4. The fourth-order valence-electron chi connectivity index (χ4n) is 4.32. The number of rotatable bonds is 23. The lowest BCUT2D eigenvalue weighted by atomic mass is 9.80. The first-order chi connectivity index (χ1) is 15.3. The second kappa shape index (κ2) is 20.0. The molecular weight excluding hydrogens is 423 g/mol. The quantitative estimate of drug-likeness (QED) is 0.0882. The van der Waals surface area contributed by atoms with Gasteiger partial charge in [-0.15, -0.1) is 0 Å². The highest BCUT2D eigenvalue weighted by Crippen LogP contribution is 2.42. The molecule has 5 nitrogen and oxygen atoms in total. The van der Waals surface area contributed by atoms with Gasteiger partial charge in [0.1, 0.15) is 0 Å². The first-order valence-electron chi connectivity index (χ1n) is 13.5. The maximum absolute atomic E-state index is 12.5. The molecule has 0 spiro atoms. The molecule has 0 bridgehead atoms. The standard InChI is InChI=1S/C26H53O5P/c1-4-7-8-9-10-11-12-13-14-15-16-17-18-19-20-21-23-31-25(27)26(5-2,6-3)22-24-32(28,29)30/h4-24H2,1-3H3,(H2,28,29,30). The van der Waals surface area contributed by atoms with Crippen molar-refractivity contribution >= 4 is 13.6 Å². The molecule has 0 aliphatic carbocycles. The van der Waals surface area contributed by atoms with Crippen molar-refractivity contribution in [2.75, 3.05) is 12.8 Å². The first-order valence-corrected chi connectivity index (χ1v) is 15.3. The number of esters is 1. The second-order valence-corrected chi connectivity index (χ2v) is 11.3. The van der Waals surface area contributed by atoms with E-state index in [-0.39, 0.29) is 18.6 Å². The highest BCUT2D eigenvalue weighted by Gasteiger charge is 2.38. The van der Waals surface area contributed by atoms with Crippen LogP contribution in [-0.4, -0.2) is 28.5 Å². The molecule has 0 aliphatic heterocycles. The van der Waals surface area contributed by atoms with E-state index >= 15 is 0 Å². The molecule has 0 unspecified atom stereocenters. The molecule has 0 aromatic heterocycles. The lowest BCUT2D eigenvalue weighted by Crippen LogP contribution is -2.33. The molecule has 32 heavy (non-hydrogen) atoms. The summed E-state index contributed by atoms with van der Waals surface area (Å²) in [5.74, 6) is -0.295. The van der Waals surface area contributed by atoms with Crippen LogP contribution in [0.1, 0.15) is 143 Å². The molecule has 0 aromatic carbocycles. The van der Waals surface area contributed by atoms with Crippen molar-refractivity contribution in [3.63, 3.8) is 0 Å². The molecule has 0 atom stereocenters. The van der Waals surface area contributed by atoms with Crippen LogP contribution in [0.15, 0.2) is 0 Å². The zero-order chi connectivity index (χ0) is 24.1. The third kappa shape index (κ3) is 17.1. The minimum atomic E-state index is -4.10. The van der Waals surface area contributed by atoms with E-state index in [9.17, 15) is 9.36 Å². The fraction of sp³-hybridized carbons (Fsp3) is 0.962. The summed E-state index contributed by atoms with van der Waals surface area (Å²) < 4.78 is 16.7. The molecule has 0 aliphatic rings. The van der Waals surface area contributed by atoms with Gasteiger partial charge in [-0.25, -0.2) is 0 Å². The van der Waals surface area contributed by atoms with Crippen molar-refractivity contribution in [2.24, 2.45) is 5.41 Å². The third-order valence-corrected chi connectivity index (χ3v) is 7.71. The molecule has 0 fully saturated rings. The van der Waals surface area contributed by atoms with E-state index in [2.05, 4.69) is 6.92 Å². The summed E-state index contributed by atoms with van der Waals surface area (Å²) in [6, 6.07) is 0. The Labute approximate surface area is 198 Å². The Morgan fingerprint density at radius 1 is 0.688 bits per heavy atom. The van der Waals surface area contributed by atoms with Crippen molar-refractivity contribution in [3.05, 3.63) is 0 Å². The molecule has 6 heteroatoms. The Hall–Kier alpha value is -0.380. The summed E-state index contributed by atoms with van der Waals surface area (Å²) in [4.78, 5) is 30.8. The molecule has 0 saturated carbocycles. The van der Waals surface area contributed by atoms with Gasteiger partial charge in [0, 0.05) is 0 Å². The van der Waals surface area contributed by atoms with E-state index in [1.54, 1.807) is 0 Å². The normalized spacial score (nSPS) is 12.3. The maximum Gasteiger partial charge on any atom is 0.325 e. The zero-order valence-corrected chi connectivity index (χ0v) is 22.3. The molecule has 0 heterocycles. The molecule has 192 valence electrons. The number of hydrogen-bond donors (Lipinski definition) is 2. The molecule has 0 aromatic rings. The molecular formula is C26H53O5P. The summed E-state index contributed by atoms with van der Waals surface area (Å²) in [5, 5.41) is 0. The van der Waals surface area contributed by atoms with Crippen molar-refractivity contribution < 1.29 is 23.9 Å². The summed E-state index contributed by atoms with van der Waals surface area (Å²) in [6.45, 7) is 6.46. The van der Waals surface area contributed by atoms with Crippen molar-refractivity contribution in [2.45, 2.75) is 143 Å². The van der Waals surface area contributed by atoms with Crippen LogP contribution in [0.2, 0.25) is 0 Å².